The van der Waals surface area contributed by atoms with Gasteiger partial charge in [0.2, 0.25) is 0 Å². The van der Waals surface area contributed by atoms with Crippen LogP contribution in [0.15, 0.2) is 42.5 Å². The highest BCUT2D eigenvalue weighted by atomic mass is 19.1. The van der Waals surface area contributed by atoms with Gasteiger partial charge in [-0.3, -0.25) is 4.79 Å². The molecule has 0 aromatic heterocycles. The van der Waals surface area contributed by atoms with Crippen LogP contribution >= 0.6 is 0 Å². The fourth-order valence-corrected chi connectivity index (χ4v) is 5.73. The standard InChI is InChI=1S/C29H39FN2O2/c1-19(2)23(14-28(34)27-13-21-8-9-25(30)12-22(21)16-31-27)18-32-11-10-29(4,20(3)17-32)24-6-5-7-26(33)15-24/h5-9,12,15,19-20,23,27,31,33H,10-11,13-14,16-18H2,1-4H3/t20-,23+,27+,29+/m0/s1. The van der Waals surface area contributed by atoms with E-state index in [1.54, 1.807) is 12.1 Å². The lowest BCUT2D eigenvalue weighted by Crippen LogP contribution is -2.49. The number of benzene rings is 2. The van der Waals surface area contributed by atoms with Crippen LogP contribution in [0.2, 0.25) is 0 Å². The highest BCUT2D eigenvalue weighted by Crippen LogP contribution is 2.40. The summed E-state index contributed by atoms with van der Waals surface area (Å²) in [4.78, 5) is 15.8. The number of Topliss-reactive ketones (excluding diaryl/α,β-unsaturated/α-hetero) is 1. The summed E-state index contributed by atoms with van der Waals surface area (Å²) in [6, 6.07) is 12.4. The van der Waals surface area contributed by atoms with Gasteiger partial charge in [0.05, 0.1) is 6.04 Å². The molecule has 5 heteroatoms. The number of rotatable bonds is 7. The van der Waals surface area contributed by atoms with Gasteiger partial charge in [0.25, 0.3) is 0 Å². The SMILES string of the molecule is CC(C)[C@H](CC(=O)[C@H]1Cc2ccc(F)cc2CN1)CN1CC[C@@](C)(c2cccc(O)c2)[C@@H](C)C1. The molecule has 4 atom stereocenters. The molecular weight excluding hydrogens is 427 g/mol. The van der Waals surface area contributed by atoms with Crippen molar-refractivity contribution in [2.45, 2.75) is 65.0 Å². The molecule has 0 aliphatic carbocycles. The molecule has 0 bridgehead atoms. The summed E-state index contributed by atoms with van der Waals surface area (Å²) in [5.41, 5.74) is 3.29. The van der Waals surface area contributed by atoms with Crippen molar-refractivity contribution in [2.75, 3.05) is 19.6 Å². The molecule has 0 radical (unpaired) electrons. The first-order valence-corrected chi connectivity index (χ1v) is 12.7. The lowest BCUT2D eigenvalue weighted by molar-refractivity contribution is -0.122. The van der Waals surface area contributed by atoms with Gasteiger partial charge < -0.3 is 15.3 Å². The van der Waals surface area contributed by atoms with Crippen LogP contribution in [-0.4, -0.2) is 41.5 Å². The van der Waals surface area contributed by atoms with Gasteiger partial charge in [-0.1, -0.05) is 45.9 Å². The van der Waals surface area contributed by atoms with Crippen molar-refractivity contribution in [3.63, 3.8) is 0 Å². The molecule has 1 fully saturated rings. The van der Waals surface area contributed by atoms with Crippen molar-refractivity contribution in [1.82, 2.24) is 10.2 Å². The summed E-state index contributed by atoms with van der Waals surface area (Å²) in [6.45, 7) is 12.5. The van der Waals surface area contributed by atoms with Gasteiger partial charge in [-0.05, 0) is 83.5 Å². The summed E-state index contributed by atoms with van der Waals surface area (Å²) < 4.78 is 13.5. The number of nitrogens with zero attached hydrogens (tertiary/aromatic N) is 1. The van der Waals surface area contributed by atoms with Crippen LogP contribution in [0.4, 0.5) is 4.39 Å². The molecule has 2 aromatic carbocycles. The molecule has 4 nitrogen and oxygen atoms in total. The maximum atomic E-state index is 13.5. The van der Waals surface area contributed by atoms with Crippen LogP contribution in [-0.2, 0) is 23.2 Å². The molecule has 184 valence electrons. The van der Waals surface area contributed by atoms with E-state index in [-0.39, 0.29) is 23.1 Å². The highest BCUT2D eigenvalue weighted by molar-refractivity contribution is 5.85. The van der Waals surface area contributed by atoms with E-state index in [1.807, 2.05) is 18.2 Å². The van der Waals surface area contributed by atoms with Crippen molar-refractivity contribution in [3.05, 3.63) is 65.0 Å². The Balaban J connectivity index is 1.36. The molecule has 2 aliphatic rings. The number of aromatic hydroxyl groups is 1. The number of hydrogen-bond acceptors (Lipinski definition) is 4. The number of phenolic OH excluding ortho intramolecular Hbond substituents is 1. The Hall–Kier alpha value is -2.24. The summed E-state index contributed by atoms with van der Waals surface area (Å²) in [6.07, 6.45) is 2.25. The molecular formula is C29H39FN2O2. The normalized spacial score (nSPS) is 26.3. The molecule has 2 heterocycles. The largest absolute Gasteiger partial charge is 0.508 e. The number of phenols is 1. The molecule has 2 N–H and O–H groups in total. The van der Waals surface area contributed by atoms with Gasteiger partial charge in [0.15, 0.2) is 0 Å². The second-order valence-corrected chi connectivity index (χ2v) is 11.1. The van der Waals surface area contributed by atoms with Crippen LogP contribution in [0.1, 0.15) is 57.2 Å². The quantitative estimate of drug-likeness (QED) is 0.598. The number of piperidine rings is 1. The minimum atomic E-state index is -0.221. The van der Waals surface area contributed by atoms with Crippen molar-refractivity contribution in [2.24, 2.45) is 17.8 Å². The zero-order chi connectivity index (χ0) is 24.5. The van der Waals surface area contributed by atoms with Crippen molar-refractivity contribution in [1.29, 1.82) is 0 Å². The zero-order valence-electron chi connectivity index (χ0n) is 21.0. The molecule has 0 saturated carbocycles. The minimum Gasteiger partial charge on any atom is -0.508 e. The smallest absolute Gasteiger partial charge is 0.150 e. The summed E-state index contributed by atoms with van der Waals surface area (Å²) in [5.74, 6) is 1.55. The Labute approximate surface area is 203 Å². The van der Waals surface area contributed by atoms with Gasteiger partial charge >= 0.3 is 0 Å². The number of ketones is 1. The predicted octanol–water partition coefficient (Wildman–Crippen LogP) is 5.08. The first-order chi connectivity index (χ1) is 16.2. The Morgan fingerprint density at radius 1 is 1.24 bits per heavy atom. The van der Waals surface area contributed by atoms with E-state index >= 15 is 0 Å². The average Bonchev–Trinajstić information content (AvgIpc) is 2.80. The zero-order valence-corrected chi connectivity index (χ0v) is 21.0. The molecule has 4 rings (SSSR count). The van der Waals surface area contributed by atoms with Crippen molar-refractivity contribution < 1.29 is 14.3 Å². The first-order valence-electron chi connectivity index (χ1n) is 12.7. The van der Waals surface area contributed by atoms with Crippen molar-refractivity contribution in [3.8, 4) is 5.75 Å². The van der Waals surface area contributed by atoms with Gasteiger partial charge in [-0.15, -0.1) is 0 Å². The minimum absolute atomic E-state index is 0.0390. The maximum absolute atomic E-state index is 13.5. The molecule has 0 unspecified atom stereocenters. The van der Waals surface area contributed by atoms with E-state index in [1.165, 1.54) is 11.6 Å². The average molecular weight is 467 g/mol. The van der Waals surface area contributed by atoms with E-state index < -0.39 is 0 Å². The molecule has 0 amide bonds. The second-order valence-electron chi connectivity index (χ2n) is 11.1. The fourth-order valence-electron chi connectivity index (χ4n) is 5.73. The lowest BCUT2D eigenvalue weighted by atomic mass is 9.68. The van der Waals surface area contributed by atoms with E-state index in [9.17, 15) is 14.3 Å². The lowest BCUT2D eigenvalue weighted by Gasteiger charge is -2.46. The Morgan fingerprint density at radius 3 is 2.74 bits per heavy atom. The Kier molecular flexibility index (Phi) is 7.44. The van der Waals surface area contributed by atoms with Crippen LogP contribution in [0.5, 0.6) is 5.75 Å². The topological polar surface area (TPSA) is 52.6 Å². The third kappa shape index (κ3) is 5.36. The number of fused-ring (bicyclic) bond motifs is 1. The van der Waals surface area contributed by atoms with Crippen LogP contribution in [0.25, 0.3) is 0 Å². The fraction of sp³-hybridized carbons (Fsp3) is 0.552. The number of hydrogen-bond donors (Lipinski definition) is 2. The van der Waals surface area contributed by atoms with Crippen molar-refractivity contribution >= 4 is 5.78 Å². The van der Waals surface area contributed by atoms with E-state index in [4.69, 9.17) is 0 Å². The monoisotopic (exact) mass is 466 g/mol. The molecule has 1 saturated heterocycles. The number of likely N-dealkylation sites (tertiary alicyclic amines) is 1. The van der Waals surface area contributed by atoms with Gasteiger partial charge in [0, 0.05) is 26.1 Å². The van der Waals surface area contributed by atoms with E-state index in [2.05, 4.69) is 44.0 Å². The predicted molar refractivity (Wildman–Crippen MR) is 134 cm³/mol. The van der Waals surface area contributed by atoms with Crippen LogP contribution in [0, 0.1) is 23.6 Å². The number of nitrogens with one attached hydrogen (secondary N) is 1. The van der Waals surface area contributed by atoms with Crippen LogP contribution < -0.4 is 5.32 Å². The number of halogens is 1. The number of carbonyl (C=O) groups is 1. The highest BCUT2D eigenvalue weighted by Gasteiger charge is 2.39. The van der Waals surface area contributed by atoms with Crippen LogP contribution in [0.3, 0.4) is 0 Å². The third-order valence-corrected chi connectivity index (χ3v) is 8.49. The maximum Gasteiger partial charge on any atom is 0.150 e. The number of carbonyl (C=O) groups excluding carboxylic acids is 1. The second kappa shape index (κ2) is 10.2. The van der Waals surface area contributed by atoms with Gasteiger partial charge in [-0.25, -0.2) is 4.39 Å². The van der Waals surface area contributed by atoms with Gasteiger partial charge in [-0.2, -0.15) is 0 Å². The first kappa shape index (κ1) is 24.9. The summed E-state index contributed by atoms with van der Waals surface area (Å²) in [5, 5.41) is 13.3. The Morgan fingerprint density at radius 2 is 2.03 bits per heavy atom. The molecule has 0 spiro atoms. The third-order valence-electron chi connectivity index (χ3n) is 8.49. The molecule has 2 aliphatic heterocycles. The molecule has 2 aromatic rings. The van der Waals surface area contributed by atoms with Gasteiger partial charge in [0.1, 0.15) is 17.3 Å². The Bertz CT molecular complexity index is 1020. The van der Waals surface area contributed by atoms with E-state index in [0.717, 1.165) is 37.2 Å². The summed E-state index contributed by atoms with van der Waals surface area (Å²) in [7, 11) is 0. The summed E-state index contributed by atoms with van der Waals surface area (Å²) >= 11 is 0. The molecule has 34 heavy (non-hydrogen) atoms. The van der Waals surface area contributed by atoms with E-state index in [0.29, 0.717) is 42.9 Å².